The van der Waals surface area contributed by atoms with Gasteiger partial charge in [0.1, 0.15) is 17.5 Å². The predicted octanol–water partition coefficient (Wildman–Crippen LogP) is 8.33. The van der Waals surface area contributed by atoms with Gasteiger partial charge in [0.2, 0.25) is 0 Å². The van der Waals surface area contributed by atoms with Crippen LogP contribution in [0.4, 0.5) is 10.5 Å². The Bertz CT molecular complexity index is 1500. The number of likely N-dealkylation sites (tertiary alicyclic amines) is 1. The van der Waals surface area contributed by atoms with Gasteiger partial charge in [0.15, 0.2) is 6.04 Å². The maximum Gasteiger partial charge on any atom is 0.411 e. The van der Waals surface area contributed by atoms with Crippen LogP contribution in [0, 0.1) is 0 Å². The van der Waals surface area contributed by atoms with Crippen molar-refractivity contribution in [1.82, 2.24) is 4.90 Å². The molecule has 1 amide bonds. The normalized spacial score (nSPS) is 14.9. The summed E-state index contributed by atoms with van der Waals surface area (Å²) in [6.45, 7) is 10.4. The maximum atomic E-state index is 13.5. The molecule has 1 atom stereocenters. The Morgan fingerprint density at radius 2 is 1.55 bits per heavy atom. The number of anilines is 1. The number of hydrogen-bond acceptors (Lipinski definition) is 7. The van der Waals surface area contributed by atoms with Crippen LogP contribution in [-0.2, 0) is 25.6 Å². The number of esters is 1. The first-order valence-corrected chi connectivity index (χ1v) is 18.5. The van der Waals surface area contributed by atoms with E-state index >= 15 is 0 Å². The molecular formula is C42H60N3O6+. The highest BCUT2D eigenvalue weighted by Crippen LogP contribution is 2.28. The molecule has 3 aromatic rings. The zero-order chi connectivity index (χ0) is 36.7. The molecule has 0 spiro atoms. The van der Waals surface area contributed by atoms with Gasteiger partial charge in [-0.25, -0.2) is 9.59 Å². The molecule has 1 unspecified atom stereocenters. The van der Waals surface area contributed by atoms with E-state index in [4.69, 9.17) is 18.9 Å². The maximum absolute atomic E-state index is 13.5. The quantitative estimate of drug-likeness (QED) is 0.0811. The van der Waals surface area contributed by atoms with E-state index in [1.54, 1.807) is 7.11 Å². The van der Waals surface area contributed by atoms with Crippen LogP contribution in [0.2, 0.25) is 0 Å². The number of benzene rings is 3. The lowest BCUT2D eigenvalue weighted by molar-refractivity contribution is -0.907. The average molecular weight is 703 g/mol. The van der Waals surface area contributed by atoms with E-state index in [1.807, 2.05) is 99.6 Å². The van der Waals surface area contributed by atoms with Gasteiger partial charge in [-0.05, 0) is 70.6 Å². The topological polar surface area (TPSA) is 86.3 Å². The second-order valence-corrected chi connectivity index (χ2v) is 15.1. The standard InChI is InChI=1S/C42H59N3O6/c1-42(2,3)51-40(46)38(45(4,5)30-16-7-8-17-31-49-32-34-20-12-15-23-39(34)48-6)26-29-44-27-24-35(25-28-44)50-41(47)43-37-22-14-13-21-36(37)33-18-10-9-11-19-33/h9-15,18-23,35,38H,7-8,16-17,24-32H2,1-6H3/p+1. The van der Waals surface area contributed by atoms with Gasteiger partial charge in [0.05, 0.1) is 40.0 Å². The van der Waals surface area contributed by atoms with E-state index in [1.165, 1.54) is 0 Å². The van der Waals surface area contributed by atoms with Crippen molar-refractivity contribution >= 4 is 17.7 Å². The van der Waals surface area contributed by atoms with Crippen molar-refractivity contribution in [2.24, 2.45) is 0 Å². The van der Waals surface area contributed by atoms with Crippen LogP contribution >= 0.6 is 0 Å². The molecule has 278 valence electrons. The van der Waals surface area contributed by atoms with E-state index in [2.05, 4.69) is 24.3 Å². The Kier molecular flexibility index (Phi) is 15.3. The van der Waals surface area contributed by atoms with Gasteiger partial charge in [-0.1, -0.05) is 73.2 Å². The second kappa shape index (κ2) is 19.6. The summed E-state index contributed by atoms with van der Waals surface area (Å²) < 4.78 is 23.7. The zero-order valence-electron chi connectivity index (χ0n) is 31.7. The van der Waals surface area contributed by atoms with E-state index < -0.39 is 11.7 Å². The van der Waals surface area contributed by atoms with Gasteiger partial charge in [0, 0.05) is 43.8 Å². The molecule has 9 nitrogen and oxygen atoms in total. The summed E-state index contributed by atoms with van der Waals surface area (Å²) in [6, 6.07) is 25.5. The molecule has 0 aromatic heterocycles. The first-order valence-electron chi connectivity index (χ1n) is 18.5. The van der Waals surface area contributed by atoms with E-state index in [9.17, 15) is 9.59 Å². The molecule has 1 heterocycles. The molecule has 0 saturated carbocycles. The summed E-state index contributed by atoms with van der Waals surface area (Å²) in [6.07, 6.45) is 5.84. The molecule has 1 aliphatic rings. The van der Waals surface area contributed by atoms with Crippen LogP contribution in [0.3, 0.4) is 0 Å². The highest BCUT2D eigenvalue weighted by atomic mass is 16.6. The van der Waals surface area contributed by atoms with Crippen molar-refractivity contribution in [3.05, 3.63) is 84.4 Å². The Morgan fingerprint density at radius 3 is 2.27 bits per heavy atom. The number of carbonyl (C=O) groups is 2. The lowest BCUT2D eigenvalue weighted by Crippen LogP contribution is -2.56. The van der Waals surface area contributed by atoms with Crippen LogP contribution in [0.1, 0.15) is 71.3 Å². The van der Waals surface area contributed by atoms with Crippen molar-refractivity contribution in [3.8, 4) is 16.9 Å². The third-order valence-electron chi connectivity index (χ3n) is 9.52. The summed E-state index contributed by atoms with van der Waals surface area (Å²) in [7, 11) is 5.99. The molecule has 4 rings (SSSR count). The van der Waals surface area contributed by atoms with Crippen molar-refractivity contribution in [3.63, 3.8) is 0 Å². The van der Waals surface area contributed by atoms with E-state index in [0.29, 0.717) is 24.1 Å². The molecule has 51 heavy (non-hydrogen) atoms. The number of hydrogen-bond donors (Lipinski definition) is 1. The third kappa shape index (κ3) is 13.3. The summed E-state index contributed by atoms with van der Waals surface area (Å²) in [5.74, 6) is 0.722. The molecule has 1 saturated heterocycles. The number of piperidine rings is 1. The summed E-state index contributed by atoms with van der Waals surface area (Å²) in [4.78, 5) is 28.8. The summed E-state index contributed by atoms with van der Waals surface area (Å²) >= 11 is 0. The largest absolute Gasteiger partial charge is 0.496 e. The molecule has 9 heteroatoms. The Labute approximate surface area is 305 Å². The Morgan fingerprint density at radius 1 is 0.882 bits per heavy atom. The van der Waals surface area contributed by atoms with Gasteiger partial charge < -0.3 is 28.3 Å². The smallest absolute Gasteiger partial charge is 0.411 e. The lowest BCUT2D eigenvalue weighted by atomic mass is 10.0. The number of carbonyl (C=O) groups excluding carboxylic acids is 2. The number of para-hydroxylation sites is 2. The highest BCUT2D eigenvalue weighted by molar-refractivity contribution is 5.91. The minimum atomic E-state index is -0.545. The molecule has 0 bridgehead atoms. The fraction of sp³-hybridized carbons (Fsp3) is 0.524. The number of methoxy groups -OCH3 is 1. The monoisotopic (exact) mass is 702 g/mol. The molecule has 3 aromatic carbocycles. The molecule has 0 radical (unpaired) electrons. The van der Waals surface area contributed by atoms with Crippen LogP contribution < -0.4 is 10.1 Å². The first-order chi connectivity index (χ1) is 24.4. The number of rotatable bonds is 18. The number of amides is 1. The number of ether oxygens (including phenoxy) is 4. The Balaban J connectivity index is 1.20. The van der Waals surface area contributed by atoms with E-state index in [-0.39, 0.29) is 18.1 Å². The molecule has 0 aliphatic carbocycles. The van der Waals surface area contributed by atoms with Gasteiger partial charge >= 0.3 is 12.1 Å². The minimum Gasteiger partial charge on any atom is -0.496 e. The molecule has 1 N–H and O–H groups in total. The summed E-state index contributed by atoms with van der Waals surface area (Å²) in [5, 5.41) is 2.96. The van der Waals surface area contributed by atoms with E-state index in [0.717, 1.165) is 92.8 Å². The fourth-order valence-electron chi connectivity index (χ4n) is 6.67. The number of likely N-dealkylation sites (N-methyl/N-ethyl adjacent to an activating group) is 1. The van der Waals surface area contributed by atoms with Crippen LogP contribution in [0.15, 0.2) is 78.9 Å². The molecule has 1 aliphatic heterocycles. The SMILES string of the molecule is COc1ccccc1COCCCCCC[N+](C)(C)C(CCN1CCC(OC(=O)Nc2ccccc2-c2ccccc2)CC1)C(=O)OC(C)(C)C. The van der Waals surface area contributed by atoms with Crippen molar-refractivity contribution in [2.75, 3.05) is 59.3 Å². The second-order valence-electron chi connectivity index (χ2n) is 15.1. The predicted molar refractivity (Wildman–Crippen MR) is 204 cm³/mol. The highest BCUT2D eigenvalue weighted by Gasteiger charge is 2.38. The van der Waals surface area contributed by atoms with Crippen LogP contribution in [-0.4, -0.2) is 93.2 Å². The third-order valence-corrected chi connectivity index (χ3v) is 9.52. The molecular weight excluding hydrogens is 642 g/mol. The van der Waals surface area contributed by atoms with Gasteiger partial charge in [-0.15, -0.1) is 0 Å². The number of nitrogens with zero attached hydrogens (tertiary/aromatic N) is 2. The summed E-state index contributed by atoms with van der Waals surface area (Å²) in [5.41, 5.74) is 3.24. The number of unbranched alkanes of at least 4 members (excludes halogenated alkanes) is 3. The van der Waals surface area contributed by atoms with Gasteiger partial charge in [-0.3, -0.25) is 5.32 Å². The zero-order valence-corrected chi connectivity index (χ0v) is 31.7. The minimum absolute atomic E-state index is 0.136. The van der Waals surface area contributed by atoms with Crippen LogP contribution in [0.5, 0.6) is 5.75 Å². The Hall–Kier alpha value is -3.92. The van der Waals surface area contributed by atoms with Crippen molar-refractivity contribution in [2.45, 2.75) is 90.1 Å². The first kappa shape index (κ1) is 39.9. The van der Waals surface area contributed by atoms with Crippen molar-refractivity contribution < 1.29 is 33.0 Å². The van der Waals surface area contributed by atoms with Gasteiger partial charge in [0.25, 0.3) is 0 Å². The molecule has 1 fully saturated rings. The fourth-order valence-corrected chi connectivity index (χ4v) is 6.67. The van der Waals surface area contributed by atoms with Crippen LogP contribution in [0.25, 0.3) is 11.1 Å². The lowest BCUT2D eigenvalue weighted by Gasteiger charge is -2.39. The van der Waals surface area contributed by atoms with Crippen molar-refractivity contribution in [1.29, 1.82) is 0 Å². The van der Waals surface area contributed by atoms with Gasteiger partial charge in [-0.2, -0.15) is 0 Å². The number of quaternary nitrogens is 1. The average Bonchev–Trinajstić information content (AvgIpc) is 3.10. The number of nitrogens with one attached hydrogen (secondary N) is 1.